The van der Waals surface area contributed by atoms with Crippen LogP contribution >= 0.6 is 15.9 Å². The Hall–Kier alpha value is -1.40. The second-order valence-electron chi connectivity index (χ2n) is 4.63. The van der Waals surface area contributed by atoms with E-state index >= 15 is 0 Å². The van der Waals surface area contributed by atoms with Gasteiger partial charge in [0.15, 0.2) is 0 Å². The van der Waals surface area contributed by atoms with Gasteiger partial charge in [-0.25, -0.2) is 4.79 Å². The maximum absolute atomic E-state index is 12.1. The first-order chi connectivity index (χ1) is 8.99. The number of hydrogen-bond acceptors (Lipinski definition) is 3. The van der Waals surface area contributed by atoms with Gasteiger partial charge in [0.05, 0.1) is 11.5 Å². The van der Waals surface area contributed by atoms with Crippen molar-refractivity contribution in [2.24, 2.45) is 5.92 Å². The summed E-state index contributed by atoms with van der Waals surface area (Å²) in [6.45, 7) is 2.81. The molecule has 2 unspecified atom stereocenters. The first kappa shape index (κ1) is 14.0. The van der Waals surface area contributed by atoms with E-state index in [4.69, 9.17) is 5.11 Å². The van der Waals surface area contributed by atoms with E-state index in [-0.39, 0.29) is 23.4 Å². The van der Waals surface area contributed by atoms with Crippen LogP contribution in [-0.4, -0.2) is 29.6 Å². The van der Waals surface area contributed by atoms with Crippen molar-refractivity contribution in [1.82, 2.24) is 5.32 Å². The van der Waals surface area contributed by atoms with Gasteiger partial charge in [-0.1, -0.05) is 0 Å². The molecular formula is C13H15BrN2O3. The molecule has 1 aromatic carbocycles. The molecule has 0 radical (unpaired) electrons. The average Bonchev–Trinajstić information content (AvgIpc) is 2.77. The highest BCUT2D eigenvalue weighted by molar-refractivity contribution is 9.10. The molecule has 102 valence electrons. The number of amides is 1. The number of carboxylic acid groups (broad SMARTS) is 1. The third kappa shape index (κ3) is 3.13. The third-order valence-electron chi connectivity index (χ3n) is 3.33. The lowest BCUT2D eigenvalue weighted by molar-refractivity contribution is -0.120. The summed E-state index contributed by atoms with van der Waals surface area (Å²) in [5.41, 5.74) is 0.639. The molecule has 6 heteroatoms. The summed E-state index contributed by atoms with van der Waals surface area (Å²) in [5, 5.41) is 15.0. The molecule has 2 atom stereocenters. The molecule has 1 aliphatic rings. The molecule has 0 bridgehead atoms. The van der Waals surface area contributed by atoms with Crippen molar-refractivity contribution in [3.8, 4) is 0 Å². The van der Waals surface area contributed by atoms with Crippen molar-refractivity contribution in [2.45, 2.75) is 19.4 Å². The minimum atomic E-state index is -1.03. The molecule has 1 aromatic rings. The van der Waals surface area contributed by atoms with E-state index in [9.17, 15) is 9.59 Å². The minimum absolute atomic E-state index is 0.0723. The molecular weight excluding hydrogens is 312 g/mol. The van der Waals surface area contributed by atoms with E-state index in [2.05, 4.69) is 26.6 Å². The summed E-state index contributed by atoms with van der Waals surface area (Å²) in [6.07, 6.45) is 0.801. The van der Waals surface area contributed by atoms with E-state index in [0.29, 0.717) is 10.2 Å². The van der Waals surface area contributed by atoms with Gasteiger partial charge in [0.25, 0.3) is 0 Å². The summed E-state index contributed by atoms with van der Waals surface area (Å²) < 4.78 is 0.494. The van der Waals surface area contributed by atoms with Gasteiger partial charge < -0.3 is 15.7 Å². The molecule has 3 N–H and O–H groups in total. The number of aromatic carboxylic acids is 1. The standard InChI is InChI=1S/C13H15BrN2O3/c1-7-9(4-5-15-7)12(17)16-8-2-3-11(14)10(6-8)13(18)19/h2-3,6-7,9,15H,4-5H2,1H3,(H,16,17)(H,18,19). The normalized spacial score (nSPS) is 22.2. The summed E-state index contributed by atoms with van der Waals surface area (Å²) in [6, 6.07) is 4.91. The van der Waals surface area contributed by atoms with Gasteiger partial charge >= 0.3 is 5.97 Å². The zero-order chi connectivity index (χ0) is 14.0. The number of anilines is 1. The predicted molar refractivity (Wildman–Crippen MR) is 75.3 cm³/mol. The molecule has 1 aliphatic heterocycles. The zero-order valence-corrected chi connectivity index (χ0v) is 12.0. The Labute approximate surface area is 119 Å². The first-order valence-corrected chi connectivity index (χ1v) is 6.85. The fourth-order valence-corrected chi connectivity index (χ4v) is 2.64. The zero-order valence-electron chi connectivity index (χ0n) is 10.4. The molecule has 19 heavy (non-hydrogen) atoms. The second kappa shape index (κ2) is 5.71. The number of carboxylic acids is 1. The topological polar surface area (TPSA) is 78.4 Å². The maximum Gasteiger partial charge on any atom is 0.336 e. The summed E-state index contributed by atoms with van der Waals surface area (Å²) in [4.78, 5) is 23.1. The van der Waals surface area contributed by atoms with Crippen molar-refractivity contribution in [3.05, 3.63) is 28.2 Å². The summed E-state index contributed by atoms with van der Waals surface area (Å²) in [5.74, 6) is -1.17. The molecule has 0 saturated carbocycles. The van der Waals surface area contributed by atoms with Crippen LogP contribution in [0.2, 0.25) is 0 Å². The third-order valence-corrected chi connectivity index (χ3v) is 4.02. The molecule has 1 saturated heterocycles. The largest absolute Gasteiger partial charge is 0.478 e. The van der Waals surface area contributed by atoms with Crippen LogP contribution in [0.4, 0.5) is 5.69 Å². The molecule has 1 heterocycles. The second-order valence-corrected chi connectivity index (χ2v) is 5.48. The van der Waals surface area contributed by atoms with Gasteiger partial charge in [0.2, 0.25) is 5.91 Å². The molecule has 1 fully saturated rings. The number of halogens is 1. The number of rotatable bonds is 3. The van der Waals surface area contributed by atoms with Crippen molar-refractivity contribution in [3.63, 3.8) is 0 Å². The van der Waals surface area contributed by atoms with Crippen LogP contribution in [0.5, 0.6) is 0 Å². The molecule has 1 amide bonds. The van der Waals surface area contributed by atoms with Crippen LogP contribution in [0.15, 0.2) is 22.7 Å². The fraction of sp³-hybridized carbons (Fsp3) is 0.385. The smallest absolute Gasteiger partial charge is 0.336 e. The Morgan fingerprint density at radius 2 is 2.21 bits per heavy atom. The van der Waals surface area contributed by atoms with Gasteiger partial charge in [-0.3, -0.25) is 4.79 Å². The highest BCUT2D eigenvalue weighted by Crippen LogP contribution is 2.23. The summed E-state index contributed by atoms with van der Waals surface area (Å²) in [7, 11) is 0. The SMILES string of the molecule is CC1NCCC1C(=O)Nc1ccc(Br)c(C(=O)O)c1. The molecule has 2 rings (SSSR count). The first-order valence-electron chi connectivity index (χ1n) is 6.06. The van der Waals surface area contributed by atoms with E-state index < -0.39 is 5.97 Å². The lowest BCUT2D eigenvalue weighted by Crippen LogP contribution is -2.32. The van der Waals surface area contributed by atoms with Gasteiger partial charge in [0, 0.05) is 16.2 Å². The Morgan fingerprint density at radius 3 is 2.79 bits per heavy atom. The Balaban J connectivity index is 2.13. The Bertz CT molecular complexity index is 519. The lowest BCUT2D eigenvalue weighted by atomic mass is 10.0. The van der Waals surface area contributed by atoms with E-state index in [1.807, 2.05) is 6.92 Å². The van der Waals surface area contributed by atoms with Crippen LogP contribution in [0.3, 0.4) is 0 Å². The molecule has 0 aliphatic carbocycles. The molecule has 0 spiro atoms. The van der Waals surface area contributed by atoms with E-state index in [1.54, 1.807) is 12.1 Å². The van der Waals surface area contributed by atoms with Gasteiger partial charge in [-0.2, -0.15) is 0 Å². The van der Waals surface area contributed by atoms with Crippen LogP contribution in [0, 0.1) is 5.92 Å². The lowest BCUT2D eigenvalue weighted by Gasteiger charge is -2.15. The highest BCUT2D eigenvalue weighted by Gasteiger charge is 2.29. The number of carbonyl (C=O) groups is 2. The van der Waals surface area contributed by atoms with Crippen LogP contribution in [0.1, 0.15) is 23.7 Å². The molecule has 0 aromatic heterocycles. The average molecular weight is 327 g/mol. The number of benzene rings is 1. The molecule has 5 nitrogen and oxygen atoms in total. The fourth-order valence-electron chi connectivity index (χ4n) is 2.22. The quantitative estimate of drug-likeness (QED) is 0.794. The number of hydrogen-bond donors (Lipinski definition) is 3. The van der Waals surface area contributed by atoms with Crippen LogP contribution in [0.25, 0.3) is 0 Å². The Kier molecular flexibility index (Phi) is 4.21. The van der Waals surface area contributed by atoms with Crippen molar-refractivity contribution in [2.75, 3.05) is 11.9 Å². The maximum atomic E-state index is 12.1. The predicted octanol–water partition coefficient (Wildman–Crippen LogP) is 2.08. The van der Waals surface area contributed by atoms with Crippen molar-refractivity contribution < 1.29 is 14.7 Å². The highest BCUT2D eigenvalue weighted by atomic mass is 79.9. The Morgan fingerprint density at radius 1 is 1.47 bits per heavy atom. The van der Waals surface area contributed by atoms with Crippen LogP contribution < -0.4 is 10.6 Å². The van der Waals surface area contributed by atoms with Crippen molar-refractivity contribution in [1.29, 1.82) is 0 Å². The minimum Gasteiger partial charge on any atom is -0.478 e. The monoisotopic (exact) mass is 326 g/mol. The van der Waals surface area contributed by atoms with Gasteiger partial charge in [-0.15, -0.1) is 0 Å². The van der Waals surface area contributed by atoms with Crippen molar-refractivity contribution >= 4 is 33.5 Å². The van der Waals surface area contributed by atoms with Gasteiger partial charge in [0.1, 0.15) is 0 Å². The number of nitrogens with one attached hydrogen (secondary N) is 2. The summed E-state index contributed by atoms with van der Waals surface area (Å²) >= 11 is 3.17. The van der Waals surface area contributed by atoms with Gasteiger partial charge in [-0.05, 0) is 54.0 Å². The van der Waals surface area contributed by atoms with E-state index in [0.717, 1.165) is 13.0 Å². The van der Waals surface area contributed by atoms with E-state index in [1.165, 1.54) is 6.07 Å². The number of carbonyl (C=O) groups excluding carboxylic acids is 1. The van der Waals surface area contributed by atoms with Crippen LogP contribution in [-0.2, 0) is 4.79 Å².